The van der Waals surface area contributed by atoms with E-state index in [1.54, 1.807) is 6.92 Å². The van der Waals surface area contributed by atoms with E-state index in [0.29, 0.717) is 5.33 Å². The molecule has 0 fully saturated rings. The molecular formula is C20H19Br3O4. The largest absolute Gasteiger partial charge is 0.493 e. The Labute approximate surface area is 182 Å². The minimum atomic E-state index is 0.115. The van der Waals surface area contributed by atoms with Gasteiger partial charge in [-0.3, -0.25) is 9.59 Å². The number of ketones is 2. The van der Waals surface area contributed by atoms with Crippen LogP contribution in [0.4, 0.5) is 0 Å². The number of carbonyl (C=O) groups is 2. The Balaban J connectivity index is 0.000000178. The molecule has 27 heavy (non-hydrogen) atoms. The summed E-state index contributed by atoms with van der Waals surface area (Å²) < 4.78 is 10.7. The van der Waals surface area contributed by atoms with Crippen molar-refractivity contribution in [1.82, 2.24) is 0 Å². The highest BCUT2D eigenvalue weighted by molar-refractivity contribution is 9.93. The summed E-state index contributed by atoms with van der Waals surface area (Å²) in [7, 11) is 0. The monoisotopic (exact) mass is 560 g/mol. The van der Waals surface area contributed by atoms with Crippen LogP contribution in [0, 0.1) is 0 Å². The minimum Gasteiger partial charge on any atom is -0.493 e. The van der Waals surface area contributed by atoms with Gasteiger partial charge in [0.2, 0.25) is 0 Å². The zero-order chi connectivity index (χ0) is 19.8. The molecule has 0 unspecified atom stereocenters. The van der Waals surface area contributed by atoms with Gasteiger partial charge in [0.05, 0.1) is 18.5 Å². The molecule has 0 atom stereocenters. The molecule has 2 aromatic rings. The number of fused-ring (bicyclic) bond motifs is 2. The Morgan fingerprint density at radius 2 is 1.37 bits per heavy atom. The van der Waals surface area contributed by atoms with Gasteiger partial charge in [-0.1, -0.05) is 15.9 Å². The number of ether oxygens (including phenoxy) is 2. The van der Waals surface area contributed by atoms with Gasteiger partial charge in [-0.05, 0) is 54.4 Å². The molecule has 0 saturated carbocycles. The van der Waals surface area contributed by atoms with Gasteiger partial charge in [0.1, 0.15) is 11.5 Å². The summed E-state index contributed by atoms with van der Waals surface area (Å²) >= 11 is 8.65. The summed E-state index contributed by atoms with van der Waals surface area (Å²) in [5.41, 5.74) is 3.84. The van der Waals surface area contributed by atoms with Gasteiger partial charge in [-0.25, -0.2) is 0 Å². The van der Waals surface area contributed by atoms with E-state index in [0.717, 1.165) is 59.8 Å². The lowest BCUT2D eigenvalue weighted by molar-refractivity contribution is 0.101. The van der Waals surface area contributed by atoms with Crippen LogP contribution in [-0.4, -0.2) is 30.1 Å². The lowest BCUT2D eigenvalue weighted by atomic mass is 10.1. The predicted molar refractivity (Wildman–Crippen MR) is 117 cm³/mol. The van der Waals surface area contributed by atoms with Crippen molar-refractivity contribution < 1.29 is 19.1 Å². The molecule has 0 aromatic heterocycles. The molecular weight excluding hydrogens is 544 g/mol. The van der Waals surface area contributed by atoms with Crippen LogP contribution >= 0.6 is 44.2 Å². The molecule has 7 heteroatoms. The molecule has 0 bridgehead atoms. The number of Topliss-reactive ketones (excluding diaryl/α,β-unsaturated/α-hetero) is 2. The van der Waals surface area contributed by atoms with E-state index >= 15 is 0 Å². The van der Waals surface area contributed by atoms with Crippen molar-refractivity contribution >= 4 is 55.8 Å². The number of hydrogen-bond acceptors (Lipinski definition) is 4. The number of benzene rings is 2. The predicted octanol–water partition coefficient (Wildman–Crippen LogP) is 5.71. The van der Waals surface area contributed by atoms with Gasteiger partial charge >= 0.3 is 0 Å². The average Bonchev–Trinajstić information content (AvgIpc) is 3.37. The van der Waals surface area contributed by atoms with Crippen molar-refractivity contribution in [2.24, 2.45) is 0 Å². The zero-order valence-corrected chi connectivity index (χ0v) is 19.5. The highest BCUT2D eigenvalue weighted by Gasteiger charge is 2.14. The van der Waals surface area contributed by atoms with Crippen molar-refractivity contribution in [3.8, 4) is 11.5 Å². The van der Waals surface area contributed by atoms with E-state index in [1.165, 1.54) is 0 Å². The van der Waals surface area contributed by atoms with Gasteiger partial charge in [0, 0.05) is 52.2 Å². The standard InChI is InChI=1S/C10H9BrO2.C10H10O2.Br2/c11-6-9(12)7-1-2-10-8(5-7)3-4-13-10;1-7(11)8-2-3-10-9(6-8)4-5-12-10;1-2/h1-2,5H,3-4,6H2;2-3,6H,4-5H2,1H3;. The summed E-state index contributed by atoms with van der Waals surface area (Å²) in [6.07, 6.45) is 1.84. The van der Waals surface area contributed by atoms with Gasteiger partial charge in [0.15, 0.2) is 11.6 Å². The number of rotatable bonds is 3. The normalized spacial score (nSPS) is 12.9. The maximum absolute atomic E-state index is 11.3. The van der Waals surface area contributed by atoms with Crippen LogP contribution in [0.25, 0.3) is 0 Å². The number of carbonyl (C=O) groups excluding carboxylic acids is 2. The molecule has 0 N–H and O–H groups in total. The van der Waals surface area contributed by atoms with Gasteiger partial charge < -0.3 is 9.47 Å². The first-order valence-corrected chi connectivity index (χ1v) is 13.2. The van der Waals surface area contributed by atoms with E-state index in [1.807, 2.05) is 36.4 Å². The van der Waals surface area contributed by atoms with E-state index in [2.05, 4.69) is 44.2 Å². The molecule has 4 nitrogen and oxygen atoms in total. The van der Waals surface area contributed by atoms with Crippen LogP contribution in [-0.2, 0) is 12.8 Å². The molecule has 0 saturated heterocycles. The quantitative estimate of drug-likeness (QED) is 0.355. The third-order valence-electron chi connectivity index (χ3n) is 4.23. The van der Waals surface area contributed by atoms with Gasteiger partial charge in [0.25, 0.3) is 0 Å². The number of alkyl halides is 1. The lowest BCUT2D eigenvalue weighted by Gasteiger charge is -2.00. The van der Waals surface area contributed by atoms with Crippen LogP contribution in [0.1, 0.15) is 38.8 Å². The summed E-state index contributed by atoms with van der Waals surface area (Å²) in [5.74, 6) is 2.09. The minimum absolute atomic E-state index is 0.115. The molecule has 0 aliphatic carbocycles. The third-order valence-corrected chi connectivity index (χ3v) is 4.74. The summed E-state index contributed by atoms with van der Waals surface area (Å²) in [6, 6.07) is 11.2. The summed E-state index contributed by atoms with van der Waals surface area (Å²) in [5, 5.41) is 0.382. The highest BCUT2D eigenvalue weighted by Crippen LogP contribution is 2.26. The second-order valence-electron chi connectivity index (χ2n) is 5.95. The van der Waals surface area contributed by atoms with Crippen molar-refractivity contribution in [3.05, 3.63) is 58.7 Å². The molecule has 0 spiro atoms. The van der Waals surface area contributed by atoms with E-state index in [4.69, 9.17) is 9.47 Å². The van der Waals surface area contributed by atoms with E-state index in [9.17, 15) is 9.59 Å². The molecule has 0 amide bonds. The second-order valence-corrected chi connectivity index (χ2v) is 6.52. The van der Waals surface area contributed by atoms with Crippen molar-refractivity contribution in [2.75, 3.05) is 18.5 Å². The number of hydrogen-bond donors (Lipinski definition) is 0. The second kappa shape index (κ2) is 11.0. The van der Waals surface area contributed by atoms with Crippen molar-refractivity contribution in [2.45, 2.75) is 19.8 Å². The SMILES string of the molecule is BrBr.CC(=O)c1ccc2c(c1)CCO2.O=C(CBr)c1ccc2c(c1)CCO2. The van der Waals surface area contributed by atoms with Gasteiger partial charge in [-0.15, -0.1) is 0 Å². The Bertz CT molecular complexity index is 821. The fraction of sp³-hybridized carbons (Fsp3) is 0.300. The van der Waals surface area contributed by atoms with Gasteiger partial charge in [-0.2, -0.15) is 0 Å². The zero-order valence-electron chi connectivity index (χ0n) is 14.8. The van der Waals surface area contributed by atoms with Crippen LogP contribution in [0.15, 0.2) is 36.4 Å². The molecule has 0 radical (unpaired) electrons. The third kappa shape index (κ3) is 5.90. The van der Waals surface area contributed by atoms with E-state index in [-0.39, 0.29) is 11.6 Å². The summed E-state index contributed by atoms with van der Waals surface area (Å²) in [4.78, 5) is 22.3. The highest BCUT2D eigenvalue weighted by atomic mass is 80.9. The van der Waals surface area contributed by atoms with E-state index < -0.39 is 0 Å². The smallest absolute Gasteiger partial charge is 0.173 e. The first kappa shape index (κ1) is 22.1. The number of halogens is 3. The first-order chi connectivity index (χ1) is 13.1. The molecule has 144 valence electrons. The lowest BCUT2D eigenvalue weighted by Crippen LogP contribution is -1.99. The van der Waals surface area contributed by atoms with Crippen LogP contribution in [0.2, 0.25) is 0 Å². The van der Waals surface area contributed by atoms with Crippen LogP contribution in [0.3, 0.4) is 0 Å². The fourth-order valence-electron chi connectivity index (χ4n) is 2.84. The Kier molecular flexibility index (Phi) is 8.99. The van der Waals surface area contributed by atoms with Crippen molar-refractivity contribution in [1.29, 1.82) is 0 Å². The first-order valence-electron chi connectivity index (χ1n) is 8.34. The Morgan fingerprint density at radius 1 is 0.889 bits per heavy atom. The maximum atomic E-state index is 11.3. The summed E-state index contributed by atoms with van der Waals surface area (Å²) in [6.45, 7) is 3.06. The molecule has 2 aliphatic rings. The topological polar surface area (TPSA) is 52.6 Å². The van der Waals surface area contributed by atoms with Crippen LogP contribution in [0.5, 0.6) is 11.5 Å². The van der Waals surface area contributed by atoms with Crippen molar-refractivity contribution in [3.63, 3.8) is 0 Å². The fourth-order valence-corrected chi connectivity index (χ4v) is 3.17. The van der Waals surface area contributed by atoms with Crippen LogP contribution < -0.4 is 9.47 Å². The Morgan fingerprint density at radius 3 is 1.85 bits per heavy atom. The Hall–Kier alpha value is -1.18. The molecule has 2 aliphatic heterocycles. The molecule has 4 rings (SSSR count). The molecule has 2 aromatic carbocycles. The average molecular weight is 563 g/mol. The maximum Gasteiger partial charge on any atom is 0.173 e. The molecule has 2 heterocycles.